The molecule has 9 heavy (non-hydrogen) atoms. The van der Waals surface area contributed by atoms with Crippen molar-refractivity contribution >= 4 is 17.4 Å². The van der Waals surface area contributed by atoms with Gasteiger partial charge in [-0.05, 0) is 0 Å². The normalized spacial score (nSPS) is 9.89. The average Bonchev–Trinajstić information content (AvgIpc) is 1.86. The maximum absolute atomic E-state index is 9.50. The lowest BCUT2D eigenvalue weighted by Gasteiger charge is -1.79. The first-order chi connectivity index (χ1) is 4.33. The zero-order valence-electron chi connectivity index (χ0n) is 4.82. The van der Waals surface area contributed by atoms with E-state index >= 15 is 0 Å². The Morgan fingerprint density at radius 3 is 2.22 bits per heavy atom. The van der Waals surface area contributed by atoms with Crippen LogP contribution in [0.25, 0.3) is 0 Å². The molecule has 0 spiro atoms. The minimum absolute atomic E-state index is 0.402. The summed E-state index contributed by atoms with van der Waals surface area (Å²) in [5.74, 6) is 0. The van der Waals surface area contributed by atoms with Crippen LogP contribution in [0.3, 0.4) is 0 Å². The van der Waals surface area contributed by atoms with E-state index in [0.717, 1.165) is 0 Å². The largest absolute Gasteiger partial charge is 0.348 e. The second kappa shape index (κ2) is 15.7. The molecule has 6 heteroatoms. The molecule has 0 fully saturated rings. The van der Waals surface area contributed by atoms with Crippen molar-refractivity contribution in [2.24, 2.45) is 0 Å². The standard InChI is InChI=1S/C3H7O2P.H3O2P/c1-2-3-5-6-4;1-3-2/h2H,1,3,6H2;3H2,(H,1,2). The lowest BCUT2D eigenvalue weighted by molar-refractivity contribution is 0.387. The molecule has 0 amide bonds. The number of hydrogen-bond donors (Lipinski definition) is 1. The van der Waals surface area contributed by atoms with Crippen LogP contribution in [0, 0.1) is 0 Å². The molecule has 0 radical (unpaired) electrons. The van der Waals surface area contributed by atoms with Crippen molar-refractivity contribution in [3.8, 4) is 0 Å². The molecule has 1 N–H and O–H groups in total. The summed E-state index contributed by atoms with van der Waals surface area (Å²) in [6, 6.07) is 0. The second-order valence-electron chi connectivity index (χ2n) is 0.824. The lowest BCUT2D eigenvalue weighted by Crippen LogP contribution is -1.69. The van der Waals surface area contributed by atoms with Crippen LogP contribution in [0.5, 0.6) is 0 Å². The number of rotatable bonds is 3. The van der Waals surface area contributed by atoms with Crippen molar-refractivity contribution in [2.75, 3.05) is 6.61 Å². The molecule has 0 saturated carbocycles. The van der Waals surface area contributed by atoms with Crippen LogP contribution in [0.4, 0.5) is 0 Å². The van der Waals surface area contributed by atoms with Crippen LogP contribution in [-0.2, 0) is 13.7 Å². The average molecular weight is 172 g/mol. The van der Waals surface area contributed by atoms with Crippen LogP contribution in [0.15, 0.2) is 12.7 Å². The van der Waals surface area contributed by atoms with Gasteiger partial charge in [0.2, 0.25) is 0 Å². The Morgan fingerprint density at radius 1 is 1.67 bits per heavy atom. The Bertz CT molecular complexity index is 75.9. The van der Waals surface area contributed by atoms with Gasteiger partial charge >= 0.3 is 0 Å². The van der Waals surface area contributed by atoms with Gasteiger partial charge in [-0.2, -0.15) is 0 Å². The minimum atomic E-state index is -1.50. The van der Waals surface area contributed by atoms with Crippen molar-refractivity contribution < 1.29 is 18.5 Å². The summed E-state index contributed by atoms with van der Waals surface area (Å²) < 4.78 is 22.5. The van der Waals surface area contributed by atoms with E-state index in [1.807, 2.05) is 0 Å². The molecule has 0 aliphatic rings. The third-order valence-corrected chi connectivity index (χ3v) is 0.611. The molecule has 2 atom stereocenters. The minimum Gasteiger partial charge on any atom is -0.348 e. The fourth-order valence-corrected chi connectivity index (χ4v) is 0.322. The Morgan fingerprint density at radius 2 is 2.11 bits per heavy atom. The molecule has 2 unspecified atom stereocenters. The lowest BCUT2D eigenvalue weighted by atomic mass is 10.7. The summed E-state index contributed by atoms with van der Waals surface area (Å²) >= 11 is 0. The van der Waals surface area contributed by atoms with E-state index in [1.165, 1.54) is 0 Å². The molecule has 0 aromatic heterocycles. The van der Waals surface area contributed by atoms with Crippen LogP contribution in [0.2, 0.25) is 0 Å². The zero-order valence-corrected chi connectivity index (χ0v) is 7.13. The molecule has 4 nitrogen and oxygen atoms in total. The Balaban J connectivity index is 0. The van der Waals surface area contributed by atoms with Gasteiger partial charge in [-0.25, -0.2) is 0 Å². The van der Waals surface area contributed by atoms with Crippen LogP contribution >= 0.6 is 17.4 Å². The summed E-state index contributed by atoms with van der Waals surface area (Å²) in [6.45, 7) is 3.75. The van der Waals surface area contributed by atoms with E-state index in [0.29, 0.717) is 6.61 Å². The third kappa shape index (κ3) is 31.2. The van der Waals surface area contributed by atoms with Gasteiger partial charge in [0.25, 0.3) is 0 Å². The first kappa shape index (κ1) is 11.9. The first-order valence-corrected chi connectivity index (χ1v) is 4.00. The molecule has 56 valence electrons. The summed E-state index contributed by atoms with van der Waals surface area (Å²) in [6.07, 6.45) is 1.56. The SMILES string of the molecule is C=CCO[PH2]=O.O=[PH2]O. The molecular weight excluding hydrogens is 162 g/mol. The van der Waals surface area contributed by atoms with Gasteiger partial charge in [0.1, 0.15) is 0 Å². The summed E-state index contributed by atoms with van der Waals surface area (Å²) in [5, 5.41) is 0. The molecule has 0 aromatic rings. The first-order valence-electron chi connectivity index (χ1n) is 2.07. The van der Waals surface area contributed by atoms with E-state index in [-0.39, 0.29) is 0 Å². The predicted octanol–water partition coefficient (Wildman–Crippen LogP) is 0.510. The number of hydrogen-bond acceptors (Lipinski definition) is 3. The van der Waals surface area contributed by atoms with E-state index in [1.54, 1.807) is 6.08 Å². The van der Waals surface area contributed by atoms with Crippen molar-refractivity contribution in [3.05, 3.63) is 12.7 Å². The molecule has 0 rings (SSSR count). The Hall–Kier alpha value is 0.120. The van der Waals surface area contributed by atoms with E-state index in [2.05, 4.69) is 11.1 Å². The molecule has 0 aliphatic carbocycles. The highest BCUT2D eigenvalue weighted by Gasteiger charge is 1.65. The van der Waals surface area contributed by atoms with Crippen LogP contribution < -0.4 is 0 Å². The molecule has 0 aromatic carbocycles. The van der Waals surface area contributed by atoms with Crippen LogP contribution in [0.1, 0.15) is 0 Å². The van der Waals surface area contributed by atoms with Crippen LogP contribution in [-0.4, -0.2) is 11.5 Å². The summed E-state index contributed by atoms with van der Waals surface area (Å²) in [7, 11) is -2.54. The van der Waals surface area contributed by atoms with Gasteiger partial charge in [-0.15, -0.1) is 6.58 Å². The van der Waals surface area contributed by atoms with Crippen molar-refractivity contribution in [2.45, 2.75) is 0 Å². The quantitative estimate of drug-likeness (QED) is 0.382. The molecule has 0 bridgehead atoms. The Labute approximate surface area is 56.1 Å². The maximum atomic E-state index is 9.50. The topological polar surface area (TPSA) is 63.6 Å². The third-order valence-electron chi connectivity index (χ3n) is 0.282. The highest BCUT2D eigenvalue weighted by atomic mass is 31.1. The van der Waals surface area contributed by atoms with Gasteiger partial charge in [-0.3, -0.25) is 9.13 Å². The highest BCUT2D eigenvalue weighted by molar-refractivity contribution is 7.17. The van der Waals surface area contributed by atoms with E-state index in [4.69, 9.17) is 9.46 Å². The van der Waals surface area contributed by atoms with Gasteiger partial charge in [0, 0.05) is 0 Å². The van der Waals surface area contributed by atoms with Gasteiger partial charge < -0.3 is 9.42 Å². The van der Waals surface area contributed by atoms with E-state index in [9.17, 15) is 4.57 Å². The van der Waals surface area contributed by atoms with Gasteiger partial charge in [-0.1, -0.05) is 6.08 Å². The monoisotopic (exact) mass is 172 g/mol. The second-order valence-corrected chi connectivity index (χ2v) is 1.56. The maximum Gasteiger partial charge on any atom is 0.180 e. The van der Waals surface area contributed by atoms with Gasteiger partial charge in [0.15, 0.2) is 17.4 Å². The molecular formula is C3H10O4P2. The van der Waals surface area contributed by atoms with Crippen molar-refractivity contribution in [1.82, 2.24) is 0 Å². The van der Waals surface area contributed by atoms with Crippen molar-refractivity contribution in [1.29, 1.82) is 0 Å². The fraction of sp³-hybridized carbons (Fsp3) is 0.333. The summed E-state index contributed by atoms with van der Waals surface area (Å²) in [4.78, 5) is 7.10. The Kier molecular flexibility index (Phi) is 20.7. The smallest absolute Gasteiger partial charge is 0.180 e. The predicted molar refractivity (Wildman–Crippen MR) is 39.2 cm³/mol. The molecule has 0 saturated heterocycles. The van der Waals surface area contributed by atoms with E-state index < -0.39 is 17.4 Å². The highest BCUT2D eigenvalue weighted by Crippen LogP contribution is 1.90. The molecule has 0 aliphatic heterocycles. The summed E-state index contributed by atoms with van der Waals surface area (Å²) in [5.41, 5.74) is 0. The molecule has 0 heterocycles. The van der Waals surface area contributed by atoms with Gasteiger partial charge in [0.05, 0.1) is 6.61 Å². The fourth-order valence-electron chi connectivity index (χ4n) is 0.107. The van der Waals surface area contributed by atoms with Crippen molar-refractivity contribution in [3.63, 3.8) is 0 Å². The zero-order chi connectivity index (χ0) is 7.54.